The zero-order valence-corrected chi connectivity index (χ0v) is 14.5. The molecule has 0 bridgehead atoms. The van der Waals surface area contributed by atoms with Crippen molar-refractivity contribution in [2.45, 2.75) is 50.9 Å². The molecular weight excluding hydrogens is 292 g/mol. The van der Waals surface area contributed by atoms with Gasteiger partial charge in [-0.05, 0) is 26.9 Å². The van der Waals surface area contributed by atoms with Crippen molar-refractivity contribution in [2.75, 3.05) is 19.8 Å². The molecule has 0 aromatic carbocycles. The molecule has 114 valence electrons. The van der Waals surface area contributed by atoms with Crippen molar-refractivity contribution in [2.24, 2.45) is 0 Å². The summed E-state index contributed by atoms with van der Waals surface area (Å²) in [7, 11) is 4.17. The van der Waals surface area contributed by atoms with Gasteiger partial charge in [0.15, 0.2) is 11.0 Å². The van der Waals surface area contributed by atoms with Crippen LogP contribution < -0.4 is 0 Å². The van der Waals surface area contributed by atoms with Crippen molar-refractivity contribution < 1.29 is 0 Å². The lowest BCUT2D eigenvalue weighted by Gasteiger charge is -2.23. The maximum absolute atomic E-state index is 5.85. The van der Waals surface area contributed by atoms with Gasteiger partial charge in [0.2, 0.25) is 0 Å². The van der Waals surface area contributed by atoms with Gasteiger partial charge in [-0.2, -0.15) is 0 Å². The first-order valence-corrected chi connectivity index (χ1v) is 8.43. The van der Waals surface area contributed by atoms with E-state index in [1.807, 2.05) is 0 Å². The zero-order valence-electron chi connectivity index (χ0n) is 12.9. The zero-order chi connectivity index (χ0) is 15.1. The summed E-state index contributed by atoms with van der Waals surface area (Å²) in [5, 5.41) is 10.3. The largest absolute Gasteiger partial charge is 0.305 e. The number of hydrogen-bond donors (Lipinski definition) is 0. The number of aromatic nitrogens is 3. The number of halogens is 1. The summed E-state index contributed by atoms with van der Waals surface area (Å²) in [6.45, 7) is 9.06. The third-order valence-corrected chi connectivity index (χ3v) is 4.49. The van der Waals surface area contributed by atoms with Crippen LogP contribution >= 0.6 is 23.4 Å². The molecule has 20 heavy (non-hydrogen) atoms. The Hall–Kier alpha value is -0.520. The van der Waals surface area contributed by atoms with Gasteiger partial charge in [-0.25, -0.2) is 0 Å². The molecule has 0 N–H and O–H groups in total. The molecule has 0 aliphatic carbocycles. The van der Waals surface area contributed by atoms with Crippen LogP contribution in [0.4, 0.5) is 0 Å². The standard InChI is InChI=1S/C14H25ClN4S/c1-6-8-9-19-13(12(7-2)18(4)5)16-17-14(19)20-10-11(3)15/h12H,3,6-10H2,1-2,4-5H3. The molecule has 1 aromatic heterocycles. The molecule has 0 fully saturated rings. The van der Waals surface area contributed by atoms with Crippen molar-refractivity contribution in [3.63, 3.8) is 0 Å². The summed E-state index contributed by atoms with van der Waals surface area (Å²) in [4.78, 5) is 2.20. The maximum atomic E-state index is 5.85. The molecule has 4 nitrogen and oxygen atoms in total. The SMILES string of the molecule is C=C(Cl)CSc1nnc(C(CC)N(C)C)n1CCCC. The second-order valence-electron chi connectivity index (χ2n) is 5.04. The first-order chi connectivity index (χ1) is 9.51. The second kappa shape index (κ2) is 8.70. The molecule has 0 spiro atoms. The molecule has 0 radical (unpaired) electrons. The maximum Gasteiger partial charge on any atom is 0.191 e. The van der Waals surface area contributed by atoms with Crippen LogP contribution in [0.2, 0.25) is 0 Å². The Labute approximate surface area is 131 Å². The Morgan fingerprint density at radius 1 is 1.40 bits per heavy atom. The molecule has 0 aliphatic rings. The minimum absolute atomic E-state index is 0.299. The van der Waals surface area contributed by atoms with E-state index in [0.29, 0.717) is 16.8 Å². The number of thioether (sulfide) groups is 1. The smallest absolute Gasteiger partial charge is 0.191 e. The van der Waals surface area contributed by atoms with Crippen molar-refractivity contribution in [3.05, 3.63) is 17.4 Å². The van der Waals surface area contributed by atoms with Gasteiger partial charge < -0.3 is 4.57 Å². The van der Waals surface area contributed by atoms with Crippen molar-refractivity contribution in [1.82, 2.24) is 19.7 Å². The number of rotatable bonds is 9. The average Bonchev–Trinajstić information content (AvgIpc) is 2.77. The van der Waals surface area contributed by atoms with Crippen LogP contribution in [-0.4, -0.2) is 39.5 Å². The van der Waals surface area contributed by atoms with Crippen LogP contribution in [0.25, 0.3) is 0 Å². The van der Waals surface area contributed by atoms with Crippen LogP contribution in [0, 0.1) is 0 Å². The van der Waals surface area contributed by atoms with Crippen molar-refractivity contribution in [3.8, 4) is 0 Å². The molecule has 1 atom stereocenters. The van der Waals surface area contributed by atoms with E-state index in [1.54, 1.807) is 11.8 Å². The van der Waals surface area contributed by atoms with Gasteiger partial charge in [-0.1, -0.05) is 50.2 Å². The highest BCUT2D eigenvalue weighted by Gasteiger charge is 2.21. The lowest BCUT2D eigenvalue weighted by Crippen LogP contribution is -2.23. The van der Waals surface area contributed by atoms with E-state index in [4.69, 9.17) is 11.6 Å². The van der Waals surface area contributed by atoms with Gasteiger partial charge in [0.1, 0.15) is 0 Å². The van der Waals surface area contributed by atoms with E-state index in [9.17, 15) is 0 Å². The molecule has 1 heterocycles. The van der Waals surface area contributed by atoms with E-state index in [1.165, 1.54) is 0 Å². The van der Waals surface area contributed by atoms with Gasteiger partial charge in [0.05, 0.1) is 6.04 Å². The molecule has 1 rings (SSSR count). The third kappa shape index (κ3) is 4.79. The summed E-state index contributed by atoms with van der Waals surface area (Å²) >= 11 is 7.46. The van der Waals surface area contributed by atoms with E-state index in [-0.39, 0.29) is 0 Å². The number of hydrogen-bond acceptors (Lipinski definition) is 4. The fourth-order valence-corrected chi connectivity index (χ4v) is 2.99. The Balaban J connectivity index is 3.00. The predicted molar refractivity (Wildman–Crippen MR) is 87.4 cm³/mol. The van der Waals surface area contributed by atoms with Crippen LogP contribution in [0.3, 0.4) is 0 Å². The summed E-state index contributed by atoms with van der Waals surface area (Å²) in [6.07, 6.45) is 3.30. The molecule has 1 aromatic rings. The number of nitrogens with zero attached hydrogens (tertiary/aromatic N) is 4. The quantitative estimate of drug-likeness (QED) is 0.646. The van der Waals surface area contributed by atoms with Crippen LogP contribution in [-0.2, 0) is 6.54 Å². The fraction of sp³-hybridized carbons (Fsp3) is 0.714. The molecule has 0 saturated heterocycles. The van der Waals surface area contributed by atoms with Gasteiger partial charge in [-0.15, -0.1) is 10.2 Å². The number of unbranched alkanes of at least 4 members (excludes halogenated alkanes) is 1. The average molecular weight is 317 g/mol. The Kier molecular flexibility index (Phi) is 7.62. The highest BCUT2D eigenvalue weighted by Crippen LogP contribution is 2.26. The lowest BCUT2D eigenvalue weighted by molar-refractivity contribution is 0.270. The lowest BCUT2D eigenvalue weighted by atomic mass is 10.2. The van der Waals surface area contributed by atoms with Crippen molar-refractivity contribution >= 4 is 23.4 Å². The van der Waals surface area contributed by atoms with E-state index in [2.05, 4.69) is 54.2 Å². The third-order valence-electron chi connectivity index (χ3n) is 3.15. The van der Waals surface area contributed by atoms with Crippen LogP contribution in [0.1, 0.15) is 45.0 Å². The minimum atomic E-state index is 0.299. The topological polar surface area (TPSA) is 34.0 Å². The fourth-order valence-electron chi connectivity index (χ4n) is 2.10. The van der Waals surface area contributed by atoms with Gasteiger partial charge in [-0.3, -0.25) is 4.90 Å². The summed E-state index contributed by atoms with van der Waals surface area (Å²) in [5.74, 6) is 1.72. The van der Waals surface area contributed by atoms with Gasteiger partial charge in [0.25, 0.3) is 0 Å². The molecular formula is C14H25ClN4S. The van der Waals surface area contributed by atoms with Crippen LogP contribution in [0.15, 0.2) is 16.8 Å². The molecule has 6 heteroatoms. The molecule has 0 amide bonds. The monoisotopic (exact) mass is 316 g/mol. The van der Waals surface area contributed by atoms with Crippen LogP contribution in [0.5, 0.6) is 0 Å². The Bertz CT molecular complexity index is 431. The summed E-state index contributed by atoms with van der Waals surface area (Å²) in [5.41, 5.74) is 0. The predicted octanol–water partition coefficient (Wildman–Crippen LogP) is 3.94. The highest BCUT2D eigenvalue weighted by atomic mass is 35.5. The van der Waals surface area contributed by atoms with Gasteiger partial charge >= 0.3 is 0 Å². The highest BCUT2D eigenvalue weighted by molar-refractivity contribution is 7.99. The molecule has 0 saturated carbocycles. The summed E-state index contributed by atoms with van der Waals surface area (Å²) < 4.78 is 2.24. The molecule has 0 aliphatic heterocycles. The second-order valence-corrected chi connectivity index (χ2v) is 6.52. The first kappa shape index (κ1) is 17.5. The first-order valence-electron chi connectivity index (χ1n) is 7.06. The minimum Gasteiger partial charge on any atom is -0.305 e. The molecule has 1 unspecified atom stereocenters. The Morgan fingerprint density at radius 2 is 2.10 bits per heavy atom. The summed E-state index contributed by atoms with van der Waals surface area (Å²) in [6, 6.07) is 0.299. The van der Waals surface area contributed by atoms with Crippen molar-refractivity contribution in [1.29, 1.82) is 0 Å². The van der Waals surface area contributed by atoms with Gasteiger partial charge in [0, 0.05) is 17.3 Å². The normalized spacial score (nSPS) is 12.9. The van der Waals surface area contributed by atoms with E-state index >= 15 is 0 Å². The van der Waals surface area contributed by atoms with E-state index in [0.717, 1.165) is 36.8 Å². The Morgan fingerprint density at radius 3 is 2.60 bits per heavy atom. The van der Waals surface area contributed by atoms with E-state index < -0.39 is 0 Å².